The number of rotatable bonds is 12. The summed E-state index contributed by atoms with van der Waals surface area (Å²) >= 11 is 0. The number of primary amides is 1. The Labute approximate surface area is 254 Å². The highest BCUT2D eigenvalue weighted by atomic mass is 16.2. The number of benzene rings is 1. The lowest BCUT2D eigenvalue weighted by molar-refractivity contribution is -0.145. The normalized spacial score (nSPS) is 26.0. The van der Waals surface area contributed by atoms with E-state index < -0.39 is 41.1 Å². The van der Waals surface area contributed by atoms with E-state index in [1.165, 1.54) is 5.56 Å². The number of carbonyl (C=O) groups is 5. The quantitative estimate of drug-likeness (QED) is 0.275. The summed E-state index contributed by atoms with van der Waals surface area (Å²) in [7, 11) is 0. The van der Waals surface area contributed by atoms with E-state index in [2.05, 4.69) is 41.9 Å². The average molecular weight is 594 g/mol. The molecule has 4 aliphatic rings. The van der Waals surface area contributed by atoms with Gasteiger partial charge in [-0.25, -0.2) is 4.79 Å². The second-order valence-electron chi connectivity index (χ2n) is 15.0. The number of amides is 5. The van der Waals surface area contributed by atoms with Crippen LogP contribution >= 0.6 is 0 Å². The van der Waals surface area contributed by atoms with Gasteiger partial charge in [-0.2, -0.15) is 0 Å². The number of nitrogens with zero attached hydrogens (tertiary/aromatic N) is 1. The first-order valence-corrected chi connectivity index (χ1v) is 15.7. The highest BCUT2D eigenvalue weighted by molar-refractivity contribution is 6.37. The number of carbonyl (C=O) groups excluding carboxylic acids is 5. The van der Waals surface area contributed by atoms with E-state index in [0.29, 0.717) is 13.0 Å². The molecular formula is C33H47N5O5. The van der Waals surface area contributed by atoms with Crippen LogP contribution in [0, 0.1) is 28.6 Å². The van der Waals surface area contributed by atoms with Gasteiger partial charge in [0, 0.05) is 12.1 Å². The first-order chi connectivity index (χ1) is 20.1. The summed E-state index contributed by atoms with van der Waals surface area (Å²) in [5.41, 5.74) is 5.46. The Morgan fingerprint density at radius 3 is 2.23 bits per heavy atom. The van der Waals surface area contributed by atoms with E-state index in [1.54, 1.807) is 4.90 Å². The fourth-order valence-corrected chi connectivity index (χ4v) is 7.00. The number of Topliss-reactive ketones (excluding diaryl/α,β-unsaturated/α-hetero) is 1. The van der Waals surface area contributed by atoms with Gasteiger partial charge in [0.2, 0.25) is 17.6 Å². The van der Waals surface area contributed by atoms with Gasteiger partial charge in [0.1, 0.15) is 12.1 Å². The van der Waals surface area contributed by atoms with Gasteiger partial charge in [0.05, 0.1) is 6.04 Å². The molecule has 0 spiro atoms. The molecule has 10 heteroatoms. The third kappa shape index (κ3) is 6.73. The van der Waals surface area contributed by atoms with Crippen molar-refractivity contribution in [2.75, 3.05) is 6.54 Å². The number of fused-ring (bicyclic) bond motifs is 1. The van der Waals surface area contributed by atoms with Crippen LogP contribution in [0.15, 0.2) is 30.3 Å². The molecule has 2 unspecified atom stereocenters. The van der Waals surface area contributed by atoms with Gasteiger partial charge in [-0.1, -0.05) is 77.8 Å². The van der Waals surface area contributed by atoms with Crippen LogP contribution in [-0.2, 0) is 25.6 Å². The van der Waals surface area contributed by atoms with Crippen molar-refractivity contribution in [2.45, 2.75) is 103 Å². The molecule has 5 atom stereocenters. The van der Waals surface area contributed by atoms with Crippen LogP contribution in [0.1, 0.15) is 78.7 Å². The van der Waals surface area contributed by atoms with Gasteiger partial charge in [-0.15, -0.1) is 0 Å². The molecule has 3 aliphatic carbocycles. The van der Waals surface area contributed by atoms with E-state index in [-0.39, 0.29) is 40.6 Å². The standard InChI is InChI=1S/C33H47N5O5/c1-31(2,3)26(36-30(43)37-33(15-16-33)14-13-19-9-7-6-8-10-19)29(42)38-18-21-23(32(21,4)5)24(38)28(41)35-22(17-20-11-12-20)25(39)27(34)40/h6-10,20-24,26H,11-18H2,1-5H3,(H2,34,40)(H,35,41)(H2,36,37,43)/t21?,22?,23-,24-,26+/m0/s1. The number of nitrogens with two attached hydrogens (primary N) is 1. The Hall–Kier alpha value is -3.43. The lowest BCUT2D eigenvalue weighted by Gasteiger charge is -2.38. The summed E-state index contributed by atoms with van der Waals surface area (Å²) < 4.78 is 0. The molecule has 0 radical (unpaired) electrons. The van der Waals surface area contributed by atoms with E-state index in [0.717, 1.165) is 38.5 Å². The van der Waals surface area contributed by atoms with Crippen molar-refractivity contribution < 1.29 is 24.0 Å². The summed E-state index contributed by atoms with van der Waals surface area (Å²) in [6.45, 7) is 10.2. The molecule has 10 nitrogen and oxygen atoms in total. The maximum Gasteiger partial charge on any atom is 0.315 e. The molecule has 1 heterocycles. The van der Waals surface area contributed by atoms with Gasteiger partial charge in [-0.3, -0.25) is 19.2 Å². The van der Waals surface area contributed by atoms with Gasteiger partial charge >= 0.3 is 6.03 Å². The highest BCUT2D eigenvalue weighted by Gasteiger charge is 2.70. The zero-order valence-corrected chi connectivity index (χ0v) is 26.1. The van der Waals surface area contributed by atoms with Gasteiger partial charge in [0.25, 0.3) is 5.91 Å². The van der Waals surface area contributed by atoms with Crippen LogP contribution < -0.4 is 21.7 Å². The molecule has 1 aliphatic heterocycles. The van der Waals surface area contributed by atoms with Crippen molar-refractivity contribution in [3.8, 4) is 0 Å². The zero-order chi connectivity index (χ0) is 31.3. The first kappa shape index (κ1) is 31.0. The minimum Gasteiger partial charge on any atom is -0.363 e. The van der Waals surface area contributed by atoms with Gasteiger partial charge in [-0.05, 0) is 66.3 Å². The summed E-state index contributed by atoms with van der Waals surface area (Å²) in [4.78, 5) is 67.2. The first-order valence-electron chi connectivity index (χ1n) is 15.7. The van der Waals surface area contributed by atoms with E-state index >= 15 is 0 Å². The molecule has 0 bridgehead atoms. The second-order valence-corrected chi connectivity index (χ2v) is 15.0. The predicted octanol–water partition coefficient (Wildman–Crippen LogP) is 2.69. The van der Waals surface area contributed by atoms with Crippen LogP contribution in [0.2, 0.25) is 0 Å². The molecule has 5 amide bonds. The van der Waals surface area contributed by atoms with Gasteiger partial charge in [0.15, 0.2) is 0 Å². The Balaban J connectivity index is 1.28. The number of aryl methyl sites for hydroxylation is 1. The molecule has 5 N–H and O–H groups in total. The Bertz CT molecular complexity index is 1280. The minimum absolute atomic E-state index is 0.0798. The summed E-state index contributed by atoms with van der Waals surface area (Å²) in [6.07, 6.45) is 5.70. The molecule has 43 heavy (non-hydrogen) atoms. The Morgan fingerprint density at radius 2 is 1.67 bits per heavy atom. The highest BCUT2D eigenvalue weighted by Crippen LogP contribution is 2.65. The number of urea groups is 1. The summed E-state index contributed by atoms with van der Waals surface area (Å²) in [5.74, 6) is -2.32. The fraction of sp³-hybridized carbons (Fsp3) is 0.667. The molecule has 1 aromatic carbocycles. The van der Waals surface area contributed by atoms with Crippen LogP contribution in [0.3, 0.4) is 0 Å². The van der Waals surface area contributed by atoms with Crippen LogP contribution in [-0.4, -0.2) is 64.6 Å². The number of nitrogens with one attached hydrogen (secondary N) is 3. The third-order valence-corrected chi connectivity index (χ3v) is 10.3. The number of ketones is 1. The molecule has 234 valence electrons. The van der Waals surface area contributed by atoms with Gasteiger partial charge < -0.3 is 26.6 Å². The largest absolute Gasteiger partial charge is 0.363 e. The van der Waals surface area contributed by atoms with Crippen molar-refractivity contribution in [1.29, 1.82) is 0 Å². The Kier molecular flexibility index (Phi) is 8.11. The number of hydrogen-bond acceptors (Lipinski definition) is 5. The second kappa shape index (κ2) is 11.2. The molecule has 4 fully saturated rings. The minimum atomic E-state index is -1.07. The van der Waals surface area contributed by atoms with Crippen molar-refractivity contribution in [1.82, 2.24) is 20.9 Å². The molecule has 1 saturated heterocycles. The SMILES string of the molecule is CC(C)(C)[C@H](NC(=O)NC1(CCc2ccccc2)CC1)C(=O)N1CC2[C@@H]([C@H]1C(=O)NC(CC1CC1)C(=O)C(N)=O)C2(C)C. The number of piperidine rings is 1. The monoisotopic (exact) mass is 593 g/mol. The molecular weight excluding hydrogens is 546 g/mol. The average Bonchev–Trinajstić information content (AvgIpc) is 3.90. The van der Waals surface area contributed by atoms with Crippen molar-refractivity contribution in [3.05, 3.63) is 35.9 Å². The van der Waals surface area contributed by atoms with Crippen LogP contribution in [0.25, 0.3) is 0 Å². The van der Waals surface area contributed by atoms with Crippen molar-refractivity contribution >= 4 is 29.5 Å². The topological polar surface area (TPSA) is 151 Å². The maximum absolute atomic E-state index is 14.2. The van der Waals surface area contributed by atoms with Crippen molar-refractivity contribution in [2.24, 2.45) is 34.3 Å². The van der Waals surface area contributed by atoms with Crippen molar-refractivity contribution in [3.63, 3.8) is 0 Å². The smallest absolute Gasteiger partial charge is 0.315 e. The molecule has 5 rings (SSSR count). The van der Waals surface area contributed by atoms with E-state index in [1.807, 2.05) is 39.0 Å². The zero-order valence-electron chi connectivity index (χ0n) is 26.1. The number of hydrogen-bond donors (Lipinski definition) is 4. The lowest BCUT2D eigenvalue weighted by atomic mass is 9.85. The molecule has 1 aromatic rings. The van der Waals surface area contributed by atoms with Crippen LogP contribution in [0.4, 0.5) is 4.79 Å². The lowest BCUT2D eigenvalue weighted by Crippen LogP contribution is -2.62. The predicted molar refractivity (Wildman–Crippen MR) is 161 cm³/mol. The Morgan fingerprint density at radius 1 is 1.02 bits per heavy atom. The molecule has 0 aromatic heterocycles. The van der Waals surface area contributed by atoms with E-state index in [9.17, 15) is 24.0 Å². The third-order valence-electron chi connectivity index (χ3n) is 10.3. The molecule has 3 saturated carbocycles. The van der Waals surface area contributed by atoms with E-state index in [4.69, 9.17) is 5.73 Å². The summed E-state index contributed by atoms with van der Waals surface area (Å²) in [5, 5.41) is 8.89. The van der Waals surface area contributed by atoms with Crippen LogP contribution in [0.5, 0.6) is 0 Å². The maximum atomic E-state index is 14.2. The fourth-order valence-electron chi connectivity index (χ4n) is 7.00. The number of likely N-dealkylation sites (tertiary alicyclic amines) is 1. The summed E-state index contributed by atoms with van der Waals surface area (Å²) in [6, 6.07) is 7.10.